The molecule has 8 nitrogen and oxygen atoms in total. The quantitative estimate of drug-likeness (QED) is 0.640. The van der Waals surface area contributed by atoms with Crippen molar-refractivity contribution in [2.45, 2.75) is 13.0 Å². The first-order chi connectivity index (χ1) is 11.1. The van der Waals surface area contributed by atoms with Crippen molar-refractivity contribution in [3.63, 3.8) is 0 Å². The van der Waals surface area contributed by atoms with Gasteiger partial charge in [-0.15, -0.1) is 0 Å². The Bertz CT molecular complexity index is 566. The fourth-order valence-electron chi connectivity index (χ4n) is 2.60. The summed E-state index contributed by atoms with van der Waals surface area (Å²) in [6.45, 7) is 3.74. The van der Waals surface area contributed by atoms with E-state index in [0.29, 0.717) is 26.2 Å². The third-order valence-electron chi connectivity index (χ3n) is 3.82. The van der Waals surface area contributed by atoms with Crippen LogP contribution in [0.1, 0.15) is 17.4 Å². The molecule has 1 aromatic heterocycles. The Morgan fingerprint density at radius 2 is 2.30 bits per heavy atom. The number of ether oxygens (including phenoxy) is 1. The molecule has 1 fully saturated rings. The van der Waals surface area contributed by atoms with Crippen LogP contribution < -0.4 is 11.1 Å². The van der Waals surface area contributed by atoms with Crippen molar-refractivity contribution in [2.75, 3.05) is 32.8 Å². The van der Waals surface area contributed by atoms with Crippen LogP contribution in [0.25, 0.3) is 0 Å². The van der Waals surface area contributed by atoms with Gasteiger partial charge in [0.2, 0.25) is 5.91 Å². The molecule has 8 heteroatoms. The average molecular weight is 322 g/mol. The SMILES string of the molecule is CCO[C@@H]1CN(C(=O)CNC(=O)c2ncccc2O)C[C@H]1CN. The van der Waals surface area contributed by atoms with Gasteiger partial charge in [-0.25, -0.2) is 4.98 Å². The van der Waals surface area contributed by atoms with E-state index in [1.165, 1.54) is 18.3 Å². The molecule has 2 rings (SSSR count). The van der Waals surface area contributed by atoms with Gasteiger partial charge in [0.05, 0.1) is 12.6 Å². The Kier molecular flexibility index (Phi) is 5.89. The largest absolute Gasteiger partial charge is 0.505 e. The van der Waals surface area contributed by atoms with Crippen molar-refractivity contribution in [1.82, 2.24) is 15.2 Å². The molecule has 0 aliphatic carbocycles. The number of rotatable bonds is 6. The van der Waals surface area contributed by atoms with Crippen LogP contribution in [0.2, 0.25) is 0 Å². The maximum Gasteiger partial charge on any atom is 0.274 e. The normalized spacial score (nSPS) is 20.5. The van der Waals surface area contributed by atoms with Gasteiger partial charge in [-0.1, -0.05) is 0 Å². The number of nitrogens with zero attached hydrogens (tertiary/aromatic N) is 2. The lowest BCUT2D eigenvalue weighted by molar-refractivity contribution is -0.129. The van der Waals surface area contributed by atoms with E-state index >= 15 is 0 Å². The molecule has 0 radical (unpaired) electrons. The molecule has 1 aliphatic heterocycles. The number of carbonyl (C=O) groups excluding carboxylic acids is 2. The molecule has 0 saturated carbocycles. The summed E-state index contributed by atoms with van der Waals surface area (Å²) in [6.07, 6.45) is 1.33. The van der Waals surface area contributed by atoms with Gasteiger partial charge in [0, 0.05) is 31.8 Å². The zero-order chi connectivity index (χ0) is 16.8. The van der Waals surface area contributed by atoms with Crippen LogP contribution >= 0.6 is 0 Å². The van der Waals surface area contributed by atoms with Crippen LogP contribution in [-0.2, 0) is 9.53 Å². The van der Waals surface area contributed by atoms with Crippen molar-refractivity contribution < 1.29 is 19.4 Å². The lowest BCUT2D eigenvalue weighted by Gasteiger charge is -2.16. The first-order valence-electron chi connectivity index (χ1n) is 7.58. The van der Waals surface area contributed by atoms with Crippen molar-refractivity contribution >= 4 is 11.8 Å². The van der Waals surface area contributed by atoms with Gasteiger partial charge in [0.25, 0.3) is 5.91 Å². The number of amides is 2. The summed E-state index contributed by atoms with van der Waals surface area (Å²) < 4.78 is 5.59. The zero-order valence-electron chi connectivity index (χ0n) is 13.1. The third-order valence-corrected chi connectivity index (χ3v) is 3.82. The Hall–Kier alpha value is -2.19. The van der Waals surface area contributed by atoms with Crippen LogP contribution in [-0.4, -0.2) is 65.7 Å². The fourth-order valence-corrected chi connectivity index (χ4v) is 2.60. The molecule has 0 aromatic carbocycles. The first-order valence-corrected chi connectivity index (χ1v) is 7.58. The van der Waals surface area contributed by atoms with Gasteiger partial charge in [-0.3, -0.25) is 9.59 Å². The summed E-state index contributed by atoms with van der Waals surface area (Å²) in [5.41, 5.74) is 5.60. The zero-order valence-corrected chi connectivity index (χ0v) is 13.1. The number of pyridine rings is 1. The van der Waals surface area contributed by atoms with Gasteiger partial charge in [-0.2, -0.15) is 0 Å². The lowest BCUT2D eigenvalue weighted by atomic mass is 10.1. The number of hydrogen-bond acceptors (Lipinski definition) is 6. The standard InChI is InChI=1S/C15H22N4O4/c1-2-23-12-9-19(8-10(12)6-16)13(21)7-18-15(22)14-11(20)4-3-5-17-14/h3-5,10,12,20H,2,6-9,16H2,1H3,(H,18,22)/t10-,12-/m1/s1. The van der Waals surface area contributed by atoms with E-state index in [0.717, 1.165) is 0 Å². The highest BCUT2D eigenvalue weighted by atomic mass is 16.5. The molecule has 0 spiro atoms. The number of hydrogen-bond donors (Lipinski definition) is 3. The number of carbonyl (C=O) groups is 2. The highest BCUT2D eigenvalue weighted by Crippen LogP contribution is 2.19. The first kappa shape index (κ1) is 17.2. The molecule has 4 N–H and O–H groups in total. The molecule has 1 aliphatic rings. The molecule has 2 heterocycles. The van der Waals surface area contributed by atoms with Gasteiger partial charge in [-0.05, 0) is 25.6 Å². The molecule has 126 valence electrons. The van der Waals surface area contributed by atoms with Crippen molar-refractivity contribution in [3.8, 4) is 5.75 Å². The van der Waals surface area contributed by atoms with E-state index in [2.05, 4.69) is 10.3 Å². The second-order valence-electron chi connectivity index (χ2n) is 5.34. The Labute approximate surface area is 134 Å². The van der Waals surface area contributed by atoms with Crippen molar-refractivity contribution in [1.29, 1.82) is 0 Å². The summed E-state index contributed by atoms with van der Waals surface area (Å²) in [6, 6.07) is 2.88. The molecule has 2 amide bonds. The highest BCUT2D eigenvalue weighted by Gasteiger charge is 2.34. The molecular formula is C15H22N4O4. The maximum absolute atomic E-state index is 12.2. The summed E-state index contributed by atoms with van der Waals surface area (Å²) >= 11 is 0. The van der Waals surface area contributed by atoms with Gasteiger partial charge in [0.1, 0.15) is 5.75 Å². The number of nitrogens with one attached hydrogen (secondary N) is 1. The smallest absolute Gasteiger partial charge is 0.274 e. The number of nitrogens with two attached hydrogens (primary N) is 1. The summed E-state index contributed by atoms with van der Waals surface area (Å²) in [4.78, 5) is 29.6. The Balaban J connectivity index is 1.88. The molecular weight excluding hydrogens is 300 g/mol. The topological polar surface area (TPSA) is 118 Å². The molecule has 1 aromatic rings. The third kappa shape index (κ3) is 4.17. The van der Waals surface area contributed by atoms with Crippen LogP contribution in [0.15, 0.2) is 18.3 Å². The molecule has 0 unspecified atom stereocenters. The van der Waals surface area contributed by atoms with Crippen LogP contribution in [0.3, 0.4) is 0 Å². The monoisotopic (exact) mass is 322 g/mol. The van der Waals surface area contributed by atoms with E-state index in [1.807, 2.05) is 6.92 Å². The van der Waals surface area contributed by atoms with Crippen LogP contribution in [0, 0.1) is 5.92 Å². The summed E-state index contributed by atoms with van der Waals surface area (Å²) in [5.74, 6) is -0.922. The van der Waals surface area contributed by atoms with E-state index in [9.17, 15) is 14.7 Å². The van der Waals surface area contributed by atoms with E-state index in [1.54, 1.807) is 4.90 Å². The molecule has 1 saturated heterocycles. The minimum absolute atomic E-state index is 0.0653. The predicted octanol–water partition coefficient (Wildman–Crippen LogP) is -0.661. The van der Waals surface area contributed by atoms with Crippen LogP contribution in [0.4, 0.5) is 0 Å². The van der Waals surface area contributed by atoms with E-state index in [-0.39, 0.29) is 35.9 Å². The van der Waals surface area contributed by atoms with E-state index in [4.69, 9.17) is 10.5 Å². The minimum atomic E-state index is -0.590. The highest BCUT2D eigenvalue weighted by molar-refractivity contribution is 5.96. The van der Waals surface area contributed by atoms with Crippen molar-refractivity contribution in [2.24, 2.45) is 11.7 Å². The van der Waals surface area contributed by atoms with Gasteiger partial charge in [0.15, 0.2) is 5.69 Å². The lowest BCUT2D eigenvalue weighted by Crippen LogP contribution is -2.39. The molecule has 0 bridgehead atoms. The minimum Gasteiger partial charge on any atom is -0.505 e. The second kappa shape index (κ2) is 7.89. The van der Waals surface area contributed by atoms with Crippen LogP contribution in [0.5, 0.6) is 5.75 Å². The molecule has 23 heavy (non-hydrogen) atoms. The summed E-state index contributed by atoms with van der Waals surface area (Å²) in [5, 5.41) is 12.0. The Morgan fingerprint density at radius 3 is 2.96 bits per heavy atom. The maximum atomic E-state index is 12.2. The fraction of sp³-hybridized carbons (Fsp3) is 0.533. The number of aromatic hydroxyl groups is 1. The number of aromatic nitrogens is 1. The molecule has 2 atom stereocenters. The number of likely N-dealkylation sites (tertiary alicyclic amines) is 1. The second-order valence-corrected chi connectivity index (χ2v) is 5.34. The summed E-state index contributed by atoms with van der Waals surface area (Å²) in [7, 11) is 0. The van der Waals surface area contributed by atoms with Gasteiger partial charge >= 0.3 is 0 Å². The Morgan fingerprint density at radius 1 is 1.52 bits per heavy atom. The van der Waals surface area contributed by atoms with E-state index < -0.39 is 5.91 Å². The van der Waals surface area contributed by atoms with Crippen molar-refractivity contribution in [3.05, 3.63) is 24.0 Å². The predicted molar refractivity (Wildman–Crippen MR) is 82.8 cm³/mol. The van der Waals surface area contributed by atoms with Gasteiger partial charge < -0.3 is 25.8 Å². The average Bonchev–Trinajstić information content (AvgIpc) is 2.96.